The normalized spacial score (nSPS) is 21.2. The summed E-state index contributed by atoms with van der Waals surface area (Å²) in [5.74, 6) is 0.00943. The monoisotopic (exact) mass is 465 g/mol. The number of nitrogens with zero attached hydrogens (tertiary/aromatic N) is 1. The van der Waals surface area contributed by atoms with Crippen molar-refractivity contribution >= 4 is 27.5 Å². The highest BCUT2D eigenvalue weighted by Gasteiger charge is 2.43. The van der Waals surface area contributed by atoms with Crippen LogP contribution in [0.1, 0.15) is 44.9 Å². The highest BCUT2D eigenvalue weighted by Crippen LogP contribution is 2.43. The zero-order chi connectivity index (χ0) is 22.8. The van der Waals surface area contributed by atoms with Crippen molar-refractivity contribution in [1.29, 1.82) is 0 Å². The first-order chi connectivity index (χ1) is 15.3. The van der Waals surface area contributed by atoms with Crippen molar-refractivity contribution in [2.24, 2.45) is 5.41 Å². The summed E-state index contributed by atoms with van der Waals surface area (Å²) in [6.07, 6.45) is 5.15. The molecule has 2 saturated carbocycles. The van der Waals surface area contributed by atoms with E-state index < -0.39 is 15.4 Å². The minimum absolute atomic E-state index is 0.0856. The van der Waals surface area contributed by atoms with Crippen molar-refractivity contribution in [3.8, 4) is 5.75 Å². The van der Waals surface area contributed by atoms with E-state index in [9.17, 15) is 18.0 Å². The number of morpholine rings is 1. The van der Waals surface area contributed by atoms with Gasteiger partial charge in [-0.2, -0.15) is 4.31 Å². The number of hydrogen-bond donors (Lipinski definition) is 2. The van der Waals surface area contributed by atoms with Crippen LogP contribution in [0.25, 0.3) is 0 Å². The minimum atomic E-state index is -3.72. The van der Waals surface area contributed by atoms with E-state index in [0.29, 0.717) is 37.5 Å². The van der Waals surface area contributed by atoms with Gasteiger partial charge in [-0.15, -0.1) is 0 Å². The number of ether oxygens (including phenoxy) is 2. The molecule has 2 amide bonds. The van der Waals surface area contributed by atoms with Gasteiger partial charge in [0.25, 0.3) is 0 Å². The van der Waals surface area contributed by atoms with Crippen molar-refractivity contribution in [2.75, 3.05) is 38.7 Å². The average Bonchev–Trinajstić information content (AvgIpc) is 3.47. The summed E-state index contributed by atoms with van der Waals surface area (Å²) in [6, 6.07) is 4.71. The van der Waals surface area contributed by atoms with Crippen LogP contribution in [-0.2, 0) is 24.3 Å². The van der Waals surface area contributed by atoms with Crippen LogP contribution in [0.3, 0.4) is 0 Å². The lowest BCUT2D eigenvalue weighted by Crippen LogP contribution is -2.41. The van der Waals surface area contributed by atoms with Crippen LogP contribution >= 0.6 is 0 Å². The predicted octanol–water partition coefficient (Wildman–Crippen LogP) is 1.88. The summed E-state index contributed by atoms with van der Waals surface area (Å²) in [5.41, 5.74) is -0.496. The Morgan fingerprint density at radius 3 is 2.50 bits per heavy atom. The lowest BCUT2D eigenvalue weighted by molar-refractivity contribution is -0.132. The standard InChI is InChI=1S/C22H31N3O6S/c1-30-19-7-6-17(32(28,29)25-10-12-31-13-11-25)14-18(19)24-21(27)22(8-2-3-9-22)15-20(26)23-16-4-5-16/h6-7,14,16H,2-5,8-13,15H2,1H3,(H,23,26)(H,24,27). The first-order valence-electron chi connectivity index (χ1n) is 11.2. The molecule has 10 heteroatoms. The number of anilines is 1. The molecule has 4 rings (SSSR count). The van der Waals surface area contributed by atoms with E-state index in [1.54, 1.807) is 6.07 Å². The number of hydrogen-bond acceptors (Lipinski definition) is 6. The average molecular weight is 466 g/mol. The molecule has 0 aromatic heterocycles. The molecule has 1 saturated heterocycles. The first-order valence-corrected chi connectivity index (χ1v) is 12.6. The Morgan fingerprint density at radius 2 is 1.88 bits per heavy atom. The van der Waals surface area contributed by atoms with E-state index in [2.05, 4.69) is 10.6 Å². The predicted molar refractivity (Wildman–Crippen MR) is 118 cm³/mol. The molecule has 0 bridgehead atoms. The van der Waals surface area contributed by atoms with Crippen LogP contribution in [0, 0.1) is 5.41 Å². The molecule has 2 aliphatic carbocycles. The number of carbonyl (C=O) groups is 2. The van der Waals surface area contributed by atoms with Crippen molar-refractivity contribution in [1.82, 2.24) is 9.62 Å². The number of benzene rings is 1. The van der Waals surface area contributed by atoms with Crippen LogP contribution in [0.15, 0.2) is 23.1 Å². The molecule has 2 N–H and O–H groups in total. The van der Waals surface area contributed by atoms with E-state index in [1.807, 2.05) is 0 Å². The molecule has 1 heterocycles. The number of amides is 2. The van der Waals surface area contributed by atoms with E-state index in [4.69, 9.17) is 9.47 Å². The van der Waals surface area contributed by atoms with Gasteiger partial charge in [0.1, 0.15) is 5.75 Å². The summed E-state index contributed by atoms with van der Waals surface area (Å²) < 4.78 is 38.1. The molecule has 0 radical (unpaired) electrons. The molecule has 0 spiro atoms. The SMILES string of the molecule is COc1ccc(S(=O)(=O)N2CCOCC2)cc1NC(=O)C1(CC(=O)NC2CC2)CCCC1. The second kappa shape index (κ2) is 9.36. The van der Waals surface area contributed by atoms with Crippen molar-refractivity contribution in [3.63, 3.8) is 0 Å². The number of rotatable bonds is 8. The van der Waals surface area contributed by atoms with Gasteiger partial charge in [-0.05, 0) is 43.9 Å². The molecule has 176 valence electrons. The molecule has 1 aromatic carbocycles. The van der Waals surface area contributed by atoms with E-state index in [1.165, 1.54) is 23.5 Å². The highest BCUT2D eigenvalue weighted by molar-refractivity contribution is 7.89. The first kappa shape index (κ1) is 23.0. The quantitative estimate of drug-likeness (QED) is 0.606. The van der Waals surface area contributed by atoms with Gasteiger partial charge in [0.05, 0.1) is 36.3 Å². The molecule has 9 nitrogen and oxygen atoms in total. The fraction of sp³-hybridized carbons (Fsp3) is 0.636. The highest BCUT2D eigenvalue weighted by atomic mass is 32.2. The Kier molecular flexibility index (Phi) is 6.73. The van der Waals surface area contributed by atoms with Gasteiger partial charge in [0.2, 0.25) is 21.8 Å². The van der Waals surface area contributed by atoms with Gasteiger partial charge in [-0.25, -0.2) is 8.42 Å². The van der Waals surface area contributed by atoms with Gasteiger partial charge < -0.3 is 20.1 Å². The van der Waals surface area contributed by atoms with Crippen molar-refractivity contribution < 1.29 is 27.5 Å². The molecule has 3 aliphatic rings. The van der Waals surface area contributed by atoms with Crippen LogP contribution in [0.2, 0.25) is 0 Å². The topological polar surface area (TPSA) is 114 Å². The third kappa shape index (κ3) is 4.92. The maximum absolute atomic E-state index is 13.4. The van der Waals surface area contributed by atoms with Crippen LogP contribution in [0.5, 0.6) is 5.75 Å². The number of sulfonamides is 1. The van der Waals surface area contributed by atoms with Crippen LogP contribution in [-0.4, -0.2) is 64.0 Å². The summed E-state index contributed by atoms with van der Waals surface area (Å²) in [5, 5.41) is 5.86. The summed E-state index contributed by atoms with van der Waals surface area (Å²) in [4.78, 5) is 26.0. The van der Waals surface area contributed by atoms with Crippen LogP contribution < -0.4 is 15.4 Å². The summed E-state index contributed by atoms with van der Waals surface area (Å²) in [7, 11) is -2.25. The molecule has 1 aromatic rings. The number of methoxy groups -OCH3 is 1. The molecular formula is C22H31N3O6S. The Morgan fingerprint density at radius 1 is 1.19 bits per heavy atom. The summed E-state index contributed by atoms with van der Waals surface area (Å²) >= 11 is 0. The zero-order valence-corrected chi connectivity index (χ0v) is 19.2. The molecule has 32 heavy (non-hydrogen) atoms. The maximum atomic E-state index is 13.4. The Labute approximate surface area is 188 Å². The molecule has 1 aliphatic heterocycles. The Hall–Kier alpha value is -2.17. The maximum Gasteiger partial charge on any atom is 0.243 e. The molecule has 3 fully saturated rings. The smallest absolute Gasteiger partial charge is 0.243 e. The van der Waals surface area contributed by atoms with Crippen molar-refractivity contribution in [3.05, 3.63) is 18.2 Å². The van der Waals surface area contributed by atoms with Gasteiger partial charge in [0, 0.05) is 25.6 Å². The minimum Gasteiger partial charge on any atom is -0.495 e. The zero-order valence-electron chi connectivity index (χ0n) is 18.4. The van der Waals surface area contributed by atoms with E-state index >= 15 is 0 Å². The van der Waals surface area contributed by atoms with Crippen LogP contribution in [0.4, 0.5) is 5.69 Å². The molecule has 0 unspecified atom stereocenters. The molecule has 0 atom stereocenters. The lowest BCUT2D eigenvalue weighted by Gasteiger charge is -2.28. The van der Waals surface area contributed by atoms with Gasteiger partial charge in [-0.3, -0.25) is 9.59 Å². The number of carbonyl (C=O) groups excluding carboxylic acids is 2. The number of nitrogens with one attached hydrogen (secondary N) is 2. The van der Waals surface area contributed by atoms with Crippen molar-refractivity contribution in [2.45, 2.75) is 55.9 Å². The Balaban J connectivity index is 1.55. The van der Waals surface area contributed by atoms with Gasteiger partial charge in [0.15, 0.2) is 0 Å². The molecular weight excluding hydrogens is 434 g/mol. The fourth-order valence-electron chi connectivity index (χ4n) is 4.49. The van der Waals surface area contributed by atoms with Gasteiger partial charge >= 0.3 is 0 Å². The fourth-order valence-corrected chi connectivity index (χ4v) is 5.92. The third-order valence-corrected chi connectivity index (χ3v) is 8.41. The second-order valence-electron chi connectivity index (χ2n) is 8.84. The summed E-state index contributed by atoms with van der Waals surface area (Å²) in [6.45, 7) is 1.28. The Bertz CT molecular complexity index is 964. The second-order valence-corrected chi connectivity index (χ2v) is 10.8. The van der Waals surface area contributed by atoms with E-state index in [0.717, 1.165) is 25.7 Å². The lowest BCUT2D eigenvalue weighted by atomic mass is 9.81. The third-order valence-electron chi connectivity index (χ3n) is 6.51. The van der Waals surface area contributed by atoms with Gasteiger partial charge in [-0.1, -0.05) is 12.8 Å². The largest absolute Gasteiger partial charge is 0.495 e. The van der Waals surface area contributed by atoms with E-state index in [-0.39, 0.29) is 42.3 Å².